The summed E-state index contributed by atoms with van der Waals surface area (Å²) in [5.41, 5.74) is 4.29. The van der Waals surface area contributed by atoms with Gasteiger partial charge >= 0.3 is 6.09 Å². The third-order valence-corrected chi connectivity index (χ3v) is 8.13. The standard InChI is InChI=1S/C33H35N3O3/c37-32-34-24-33(39-32)18-20-36(21-19-33)22-28(11-10-25-6-2-1-3-7-25)26-13-16-30(17-14-26)38-23-29-15-12-27-8-4-5-9-31(27)35-29/h1-9,12-17,28H,10-11,18-24H2,(H,34,37). The SMILES string of the molecule is O=C1NCC2(CCN(CC(CCc3ccccc3)c3ccc(OCc4ccc5ccccc5n4)cc3)CC2)O1. The van der Waals surface area contributed by atoms with E-state index in [4.69, 9.17) is 14.5 Å². The molecule has 1 spiro atoms. The molecule has 1 atom stereocenters. The van der Waals surface area contributed by atoms with Gasteiger partial charge in [-0.2, -0.15) is 0 Å². The number of rotatable bonds is 9. The molecule has 2 fully saturated rings. The van der Waals surface area contributed by atoms with Crippen molar-refractivity contribution < 1.29 is 14.3 Å². The predicted molar refractivity (Wildman–Crippen MR) is 153 cm³/mol. The van der Waals surface area contributed by atoms with E-state index >= 15 is 0 Å². The number of nitrogens with one attached hydrogen (secondary N) is 1. The number of ether oxygens (including phenoxy) is 2. The average Bonchev–Trinajstić information content (AvgIpc) is 3.35. The summed E-state index contributed by atoms with van der Waals surface area (Å²) in [4.78, 5) is 18.9. The number of piperidine rings is 1. The monoisotopic (exact) mass is 521 g/mol. The highest BCUT2D eigenvalue weighted by atomic mass is 16.6. The Kier molecular flexibility index (Phi) is 7.46. The molecule has 0 saturated carbocycles. The van der Waals surface area contributed by atoms with Crippen LogP contribution >= 0.6 is 0 Å². The molecular weight excluding hydrogens is 486 g/mol. The van der Waals surface area contributed by atoms with Gasteiger partial charge in [-0.15, -0.1) is 0 Å². The summed E-state index contributed by atoms with van der Waals surface area (Å²) in [5.74, 6) is 1.26. The maximum Gasteiger partial charge on any atom is 0.407 e. The van der Waals surface area contributed by atoms with Gasteiger partial charge in [-0.25, -0.2) is 9.78 Å². The van der Waals surface area contributed by atoms with Crippen LogP contribution in [-0.4, -0.2) is 47.8 Å². The van der Waals surface area contributed by atoms with E-state index in [1.165, 1.54) is 11.1 Å². The first-order valence-electron chi connectivity index (χ1n) is 13.9. The lowest BCUT2D eigenvalue weighted by Gasteiger charge is -2.38. The number of amides is 1. The second kappa shape index (κ2) is 11.5. The molecule has 6 heteroatoms. The maximum atomic E-state index is 11.6. The highest BCUT2D eigenvalue weighted by Crippen LogP contribution is 2.32. The van der Waals surface area contributed by atoms with Crippen molar-refractivity contribution in [2.24, 2.45) is 0 Å². The molecule has 2 saturated heterocycles. The number of likely N-dealkylation sites (tertiary alicyclic amines) is 1. The molecule has 0 radical (unpaired) electrons. The van der Waals surface area contributed by atoms with Crippen molar-refractivity contribution in [3.8, 4) is 5.75 Å². The van der Waals surface area contributed by atoms with Crippen LogP contribution in [-0.2, 0) is 17.8 Å². The van der Waals surface area contributed by atoms with E-state index in [1.54, 1.807) is 0 Å². The minimum atomic E-state index is -0.313. The third kappa shape index (κ3) is 6.23. The normalized spacial score (nSPS) is 17.6. The summed E-state index contributed by atoms with van der Waals surface area (Å²) in [6.07, 6.45) is 3.60. The number of aryl methyl sites for hydroxylation is 1. The van der Waals surface area contributed by atoms with Gasteiger partial charge in [-0.05, 0) is 54.2 Å². The Morgan fingerprint density at radius 1 is 0.923 bits per heavy atom. The van der Waals surface area contributed by atoms with Gasteiger partial charge in [0.1, 0.15) is 18.0 Å². The fourth-order valence-corrected chi connectivity index (χ4v) is 5.77. The average molecular weight is 522 g/mol. The Morgan fingerprint density at radius 3 is 2.46 bits per heavy atom. The van der Waals surface area contributed by atoms with Crippen LogP contribution in [0.25, 0.3) is 10.9 Å². The molecule has 2 aliphatic heterocycles. The molecule has 2 aliphatic rings. The number of alkyl carbamates (subject to hydrolysis) is 1. The number of fused-ring (bicyclic) bond motifs is 1. The van der Waals surface area contributed by atoms with Gasteiger partial charge < -0.3 is 19.7 Å². The van der Waals surface area contributed by atoms with Crippen LogP contribution in [0.3, 0.4) is 0 Å². The largest absolute Gasteiger partial charge is 0.487 e. The van der Waals surface area contributed by atoms with Crippen LogP contribution < -0.4 is 10.1 Å². The lowest BCUT2D eigenvalue weighted by molar-refractivity contribution is -0.000542. The van der Waals surface area contributed by atoms with Crippen LogP contribution in [0.5, 0.6) is 5.75 Å². The number of benzene rings is 3. The number of para-hydroxylation sites is 1. The Bertz CT molecular complexity index is 1400. The molecule has 39 heavy (non-hydrogen) atoms. The second-order valence-corrected chi connectivity index (χ2v) is 10.8. The third-order valence-electron chi connectivity index (χ3n) is 8.13. The van der Waals surface area contributed by atoms with Crippen LogP contribution in [0, 0.1) is 0 Å². The zero-order valence-electron chi connectivity index (χ0n) is 22.2. The predicted octanol–water partition coefficient (Wildman–Crippen LogP) is 6.10. The first kappa shape index (κ1) is 25.4. The van der Waals surface area contributed by atoms with Crippen molar-refractivity contribution in [2.75, 3.05) is 26.2 Å². The number of hydrogen-bond donors (Lipinski definition) is 1. The lowest BCUT2D eigenvalue weighted by atomic mass is 9.88. The topological polar surface area (TPSA) is 63.7 Å². The number of carbonyl (C=O) groups excluding carboxylic acids is 1. The van der Waals surface area contributed by atoms with Crippen molar-refractivity contribution in [2.45, 2.75) is 43.8 Å². The van der Waals surface area contributed by atoms with Gasteiger partial charge in [-0.3, -0.25) is 0 Å². The van der Waals surface area contributed by atoms with Gasteiger partial charge in [0.25, 0.3) is 0 Å². The van der Waals surface area contributed by atoms with Crippen molar-refractivity contribution in [3.05, 3.63) is 108 Å². The van der Waals surface area contributed by atoms with Gasteiger partial charge in [0.05, 0.1) is 17.8 Å². The Morgan fingerprint density at radius 2 is 1.69 bits per heavy atom. The van der Waals surface area contributed by atoms with E-state index in [-0.39, 0.29) is 11.7 Å². The van der Waals surface area contributed by atoms with Gasteiger partial charge in [-0.1, -0.05) is 66.7 Å². The first-order valence-corrected chi connectivity index (χ1v) is 13.9. The molecule has 200 valence electrons. The minimum absolute atomic E-state index is 0.275. The Hall–Kier alpha value is -3.90. The second-order valence-electron chi connectivity index (χ2n) is 10.8. The molecule has 6 nitrogen and oxygen atoms in total. The summed E-state index contributed by atoms with van der Waals surface area (Å²) < 4.78 is 11.7. The summed E-state index contributed by atoms with van der Waals surface area (Å²) in [7, 11) is 0. The summed E-state index contributed by atoms with van der Waals surface area (Å²) >= 11 is 0. The van der Waals surface area contributed by atoms with E-state index in [1.807, 2.05) is 24.3 Å². The van der Waals surface area contributed by atoms with E-state index in [0.717, 1.165) is 67.7 Å². The van der Waals surface area contributed by atoms with Gasteiger partial charge in [0.15, 0.2) is 0 Å². The zero-order valence-corrected chi connectivity index (χ0v) is 22.2. The number of hydrogen-bond acceptors (Lipinski definition) is 5. The highest BCUT2D eigenvalue weighted by molar-refractivity contribution is 5.78. The van der Waals surface area contributed by atoms with Crippen molar-refractivity contribution in [1.82, 2.24) is 15.2 Å². The van der Waals surface area contributed by atoms with Gasteiger partial charge in [0, 0.05) is 37.9 Å². The molecular formula is C33H35N3O3. The molecule has 3 aromatic carbocycles. The van der Waals surface area contributed by atoms with Crippen molar-refractivity contribution in [3.63, 3.8) is 0 Å². The van der Waals surface area contributed by atoms with Gasteiger partial charge in [0.2, 0.25) is 0 Å². The summed E-state index contributed by atoms with van der Waals surface area (Å²) in [6, 6.07) is 31.6. The molecule has 0 aliphatic carbocycles. The van der Waals surface area contributed by atoms with Crippen LogP contribution in [0.4, 0.5) is 4.79 Å². The zero-order chi connectivity index (χ0) is 26.5. The summed E-state index contributed by atoms with van der Waals surface area (Å²) in [5, 5.41) is 3.97. The van der Waals surface area contributed by atoms with Crippen LogP contribution in [0.2, 0.25) is 0 Å². The van der Waals surface area contributed by atoms with Crippen molar-refractivity contribution in [1.29, 1.82) is 0 Å². The number of carbonyl (C=O) groups is 1. The maximum absolute atomic E-state index is 11.6. The Labute approximate surface area is 230 Å². The number of pyridine rings is 1. The van der Waals surface area contributed by atoms with E-state index in [0.29, 0.717) is 19.1 Å². The number of nitrogens with zero attached hydrogens (tertiary/aromatic N) is 2. The Balaban J connectivity index is 1.10. The van der Waals surface area contributed by atoms with E-state index in [2.05, 4.69) is 76.9 Å². The van der Waals surface area contributed by atoms with Crippen molar-refractivity contribution >= 4 is 17.0 Å². The fraction of sp³-hybridized carbons (Fsp3) is 0.333. The molecule has 1 N–H and O–H groups in total. The van der Waals surface area contributed by atoms with E-state index < -0.39 is 0 Å². The fourth-order valence-electron chi connectivity index (χ4n) is 5.77. The molecule has 3 heterocycles. The van der Waals surface area contributed by atoms with Crippen LogP contribution in [0.1, 0.15) is 42.0 Å². The summed E-state index contributed by atoms with van der Waals surface area (Å²) in [6.45, 7) is 3.95. The quantitative estimate of drug-likeness (QED) is 0.288. The first-order chi connectivity index (χ1) is 19.1. The highest BCUT2D eigenvalue weighted by Gasteiger charge is 2.43. The molecule has 1 aromatic heterocycles. The molecule has 6 rings (SSSR count). The lowest BCUT2D eigenvalue weighted by Crippen LogP contribution is -2.47. The van der Waals surface area contributed by atoms with Crippen LogP contribution in [0.15, 0.2) is 91.0 Å². The van der Waals surface area contributed by atoms with E-state index in [9.17, 15) is 4.79 Å². The minimum Gasteiger partial charge on any atom is -0.487 e. The molecule has 1 amide bonds. The molecule has 0 bridgehead atoms. The molecule has 1 unspecified atom stereocenters. The smallest absolute Gasteiger partial charge is 0.407 e. The molecule has 4 aromatic rings. The number of aromatic nitrogens is 1.